The standard InChI is InChI=1S/C26H32ClF3N4O4/c1-15-23(37)34-17(5-7-22(36)32-11-10-25(8-9-25)21(35)14-32)3-4-18(34)13-33(15)24(38)31-16-2-6-19(20(27)12-16)26(28,29)30/h2,6,12,15,17-18,21,35H,3-5,7-11,13-14H2,1H3,(H,31,38). The van der Waals surface area contributed by atoms with E-state index in [-0.39, 0.29) is 41.5 Å². The smallest absolute Gasteiger partial charge is 0.391 e. The lowest BCUT2D eigenvalue weighted by atomic mass is 9.90. The van der Waals surface area contributed by atoms with Crippen LogP contribution in [0.5, 0.6) is 0 Å². The lowest BCUT2D eigenvalue weighted by Crippen LogP contribution is -2.62. The summed E-state index contributed by atoms with van der Waals surface area (Å²) in [5.74, 6) is -0.211. The number of urea groups is 1. The molecule has 1 aromatic rings. The number of amides is 4. The maximum atomic E-state index is 13.3. The quantitative estimate of drug-likeness (QED) is 0.584. The van der Waals surface area contributed by atoms with Gasteiger partial charge in [-0.25, -0.2) is 4.79 Å². The number of aliphatic hydroxyl groups is 1. The van der Waals surface area contributed by atoms with Gasteiger partial charge in [-0.05, 0) is 69.1 Å². The van der Waals surface area contributed by atoms with Gasteiger partial charge in [-0.15, -0.1) is 0 Å². The number of likely N-dealkylation sites (tertiary alicyclic amines) is 1. The van der Waals surface area contributed by atoms with Crippen molar-refractivity contribution in [2.45, 2.75) is 82.3 Å². The zero-order valence-electron chi connectivity index (χ0n) is 21.1. The molecule has 4 atom stereocenters. The van der Waals surface area contributed by atoms with Gasteiger partial charge >= 0.3 is 12.2 Å². The van der Waals surface area contributed by atoms with Crippen molar-refractivity contribution in [3.8, 4) is 0 Å². The second kappa shape index (κ2) is 9.89. The molecule has 3 heterocycles. The van der Waals surface area contributed by atoms with Crippen molar-refractivity contribution in [3.05, 3.63) is 28.8 Å². The highest BCUT2D eigenvalue weighted by Crippen LogP contribution is 2.53. The molecular weight excluding hydrogens is 525 g/mol. The summed E-state index contributed by atoms with van der Waals surface area (Å²) in [4.78, 5) is 44.0. The van der Waals surface area contributed by atoms with Crippen LogP contribution in [0.15, 0.2) is 18.2 Å². The fourth-order valence-electron chi connectivity index (χ4n) is 6.23. The lowest BCUT2D eigenvalue weighted by molar-refractivity contribution is -0.144. The molecule has 1 aromatic carbocycles. The highest BCUT2D eigenvalue weighted by molar-refractivity contribution is 6.31. The minimum atomic E-state index is -4.60. The summed E-state index contributed by atoms with van der Waals surface area (Å²) < 4.78 is 38.9. The Labute approximate surface area is 224 Å². The third-order valence-corrected chi connectivity index (χ3v) is 9.12. The van der Waals surface area contributed by atoms with E-state index in [0.717, 1.165) is 43.9 Å². The molecule has 4 fully saturated rings. The van der Waals surface area contributed by atoms with Gasteiger partial charge in [-0.3, -0.25) is 9.59 Å². The van der Waals surface area contributed by atoms with E-state index in [4.69, 9.17) is 11.6 Å². The van der Waals surface area contributed by atoms with Crippen LogP contribution in [0, 0.1) is 5.41 Å². The largest absolute Gasteiger partial charge is 0.417 e. The molecule has 0 aromatic heterocycles. The van der Waals surface area contributed by atoms with Crippen LogP contribution in [-0.2, 0) is 15.8 Å². The Morgan fingerprint density at radius 1 is 1.18 bits per heavy atom. The van der Waals surface area contributed by atoms with Crippen molar-refractivity contribution in [1.82, 2.24) is 14.7 Å². The molecule has 1 saturated carbocycles. The van der Waals surface area contributed by atoms with Crippen LogP contribution >= 0.6 is 11.6 Å². The monoisotopic (exact) mass is 556 g/mol. The number of fused-ring (bicyclic) bond motifs is 1. The van der Waals surface area contributed by atoms with Gasteiger partial charge < -0.3 is 25.1 Å². The first-order valence-electron chi connectivity index (χ1n) is 13.1. The average molecular weight is 557 g/mol. The normalized spacial score (nSPS) is 28.5. The second-order valence-electron chi connectivity index (χ2n) is 11.1. The molecule has 2 N–H and O–H groups in total. The van der Waals surface area contributed by atoms with E-state index >= 15 is 0 Å². The Morgan fingerprint density at radius 3 is 2.55 bits per heavy atom. The number of hydrogen-bond donors (Lipinski definition) is 2. The third-order valence-electron chi connectivity index (χ3n) is 8.81. The van der Waals surface area contributed by atoms with Gasteiger partial charge in [0.1, 0.15) is 6.04 Å². The average Bonchev–Trinajstić information content (AvgIpc) is 3.51. The second-order valence-corrected chi connectivity index (χ2v) is 11.5. The molecule has 5 rings (SSSR count). The van der Waals surface area contributed by atoms with E-state index in [1.54, 1.807) is 16.7 Å². The van der Waals surface area contributed by atoms with E-state index in [9.17, 15) is 32.7 Å². The SMILES string of the molecule is CC1C(=O)N2C(CCC(=O)N3CCC4(CC4)C(O)C3)CCC2CN1C(=O)Nc1ccc(C(F)(F)F)c(Cl)c1. The van der Waals surface area contributed by atoms with Crippen molar-refractivity contribution < 1.29 is 32.7 Å². The van der Waals surface area contributed by atoms with Crippen LogP contribution < -0.4 is 5.32 Å². The summed E-state index contributed by atoms with van der Waals surface area (Å²) in [6.07, 6.45) is 0.0833. The van der Waals surface area contributed by atoms with E-state index < -0.39 is 34.9 Å². The third kappa shape index (κ3) is 5.06. The Hall–Kier alpha value is -2.53. The number of nitrogens with zero attached hydrogens (tertiary/aromatic N) is 3. The first-order chi connectivity index (χ1) is 17.9. The van der Waals surface area contributed by atoms with Gasteiger partial charge in [0.05, 0.1) is 16.7 Å². The number of benzene rings is 1. The molecule has 3 saturated heterocycles. The molecule has 8 nitrogen and oxygen atoms in total. The molecular formula is C26H32ClF3N4O4. The van der Waals surface area contributed by atoms with Gasteiger partial charge in [0, 0.05) is 43.8 Å². The molecule has 0 bridgehead atoms. The number of piperazine rings is 1. The molecule has 4 aliphatic rings. The molecule has 4 unspecified atom stereocenters. The fraction of sp³-hybridized carbons (Fsp3) is 0.654. The molecule has 12 heteroatoms. The Balaban J connectivity index is 1.16. The number of hydrogen-bond acceptors (Lipinski definition) is 4. The van der Waals surface area contributed by atoms with Crippen molar-refractivity contribution in [3.63, 3.8) is 0 Å². The van der Waals surface area contributed by atoms with Gasteiger partial charge in [-0.1, -0.05) is 11.6 Å². The number of anilines is 1. The topological polar surface area (TPSA) is 93.2 Å². The van der Waals surface area contributed by atoms with Crippen molar-refractivity contribution in [2.24, 2.45) is 5.41 Å². The van der Waals surface area contributed by atoms with Crippen LogP contribution in [-0.4, -0.2) is 81.5 Å². The molecule has 1 aliphatic carbocycles. The number of carbonyl (C=O) groups excluding carboxylic acids is 3. The highest BCUT2D eigenvalue weighted by atomic mass is 35.5. The first kappa shape index (κ1) is 27.1. The number of piperidine rings is 1. The fourth-order valence-corrected chi connectivity index (χ4v) is 6.52. The summed E-state index contributed by atoms with van der Waals surface area (Å²) in [6, 6.07) is 1.34. The first-order valence-corrected chi connectivity index (χ1v) is 13.5. The molecule has 1 spiro atoms. The summed E-state index contributed by atoms with van der Waals surface area (Å²) in [5, 5.41) is 12.4. The molecule has 208 valence electrons. The zero-order chi connectivity index (χ0) is 27.4. The predicted molar refractivity (Wildman–Crippen MR) is 133 cm³/mol. The molecule has 38 heavy (non-hydrogen) atoms. The van der Waals surface area contributed by atoms with Crippen molar-refractivity contribution in [2.75, 3.05) is 25.0 Å². The van der Waals surface area contributed by atoms with Crippen molar-refractivity contribution in [1.29, 1.82) is 0 Å². The molecule has 3 aliphatic heterocycles. The lowest BCUT2D eigenvalue weighted by Gasteiger charge is -2.43. The number of alkyl halides is 3. The summed E-state index contributed by atoms with van der Waals surface area (Å²) in [5.41, 5.74) is -0.857. The van der Waals surface area contributed by atoms with Gasteiger partial charge in [0.25, 0.3) is 0 Å². The van der Waals surface area contributed by atoms with Crippen LogP contribution in [0.2, 0.25) is 5.02 Å². The summed E-state index contributed by atoms with van der Waals surface area (Å²) in [6.45, 7) is 2.95. The number of carbonyl (C=O) groups is 3. The molecule has 4 amide bonds. The van der Waals surface area contributed by atoms with Crippen LogP contribution in [0.1, 0.15) is 57.4 Å². The summed E-state index contributed by atoms with van der Waals surface area (Å²) >= 11 is 5.76. The highest BCUT2D eigenvalue weighted by Gasteiger charge is 2.52. The minimum absolute atomic E-state index is 0.00304. The maximum absolute atomic E-state index is 13.3. The molecule has 0 radical (unpaired) electrons. The van der Waals surface area contributed by atoms with E-state index in [0.29, 0.717) is 32.4 Å². The van der Waals surface area contributed by atoms with E-state index in [1.165, 1.54) is 4.90 Å². The van der Waals surface area contributed by atoms with E-state index in [2.05, 4.69) is 5.32 Å². The predicted octanol–water partition coefficient (Wildman–Crippen LogP) is 4.11. The Morgan fingerprint density at radius 2 is 1.92 bits per heavy atom. The Kier molecular flexibility index (Phi) is 7.04. The van der Waals surface area contributed by atoms with Crippen LogP contribution in [0.3, 0.4) is 0 Å². The van der Waals surface area contributed by atoms with Crippen molar-refractivity contribution >= 4 is 35.1 Å². The van der Waals surface area contributed by atoms with Crippen LogP contribution in [0.25, 0.3) is 0 Å². The van der Waals surface area contributed by atoms with Gasteiger partial charge in [0.15, 0.2) is 0 Å². The number of halogens is 4. The van der Waals surface area contributed by atoms with Crippen LogP contribution in [0.4, 0.5) is 23.7 Å². The summed E-state index contributed by atoms with van der Waals surface area (Å²) in [7, 11) is 0. The number of β-amino-alcohol motifs (C(OH)–C–C–N with tert-alkyl or cyclic N) is 1. The van der Waals surface area contributed by atoms with Gasteiger partial charge in [-0.2, -0.15) is 13.2 Å². The Bertz CT molecular complexity index is 1130. The maximum Gasteiger partial charge on any atom is 0.417 e. The zero-order valence-corrected chi connectivity index (χ0v) is 21.9. The number of nitrogens with one attached hydrogen (secondary N) is 1. The van der Waals surface area contributed by atoms with Gasteiger partial charge in [0.2, 0.25) is 11.8 Å². The number of rotatable bonds is 4. The van der Waals surface area contributed by atoms with E-state index in [1.807, 2.05) is 0 Å². The number of aliphatic hydroxyl groups excluding tert-OH is 1. The minimum Gasteiger partial charge on any atom is -0.391 e.